The van der Waals surface area contributed by atoms with Crippen molar-refractivity contribution in [2.75, 3.05) is 27.4 Å². The van der Waals surface area contributed by atoms with Crippen molar-refractivity contribution in [1.82, 2.24) is 0 Å². The molecule has 0 amide bonds. The van der Waals surface area contributed by atoms with E-state index in [0.717, 1.165) is 44.6 Å². The molecule has 4 nitrogen and oxygen atoms in total. The predicted octanol–water partition coefficient (Wildman–Crippen LogP) is 15.5. The molecular formula is C57H69NO3. The Balaban J connectivity index is 0.00000129. The third-order valence-electron chi connectivity index (χ3n) is 11.5. The Kier molecular flexibility index (Phi) is 19.9. The van der Waals surface area contributed by atoms with Crippen molar-refractivity contribution in [3.05, 3.63) is 149 Å². The summed E-state index contributed by atoms with van der Waals surface area (Å²) in [4.78, 5) is 13.6. The lowest BCUT2D eigenvalue weighted by Crippen LogP contribution is -1.99. The Morgan fingerprint density at radius 3 is 1.80 bits per heavy atom. The number of ether oxygens (including phenoxy) is 2. The Morgan fingerprint density at radius 2 is 1.16 bits per heavy atom. The number of carbonyl (C=O) groups is 1. The average molecular weight is 816 g/mol. The second-order valence-electron chi connectivity index (χ2n) is 15.5. The normalized spacial score (nSPS) is 10.8. The standard InChI is InChI=1S/C52H59NO2.C3H4O.C2H6/c1-8-9-12-15-40-16-18-41(19-17-40)42-23-25-47(36(2)32-42)49-27-28-50(38(4)37(49)3)51-29-26-48(39(5)52(51)35-53-6)45-21-20-44-34-46(24-22-43(44)33-45)55-31-14-11-10-13-30-54-7;1-2-3-4;1-2/h16-29,32-35H,8-15,30-31H2,1-7H3;2-3H,1H2;1-2H3. The zero-order valence-corrected chi connectivity index (χ0v) is 38.5. The van der Waals surface area contributed by atoms with Crippen LogP contribution in [0.3, 0.4) is 0 Å². The molecule has 6 aromatic rings. The smallest absolute Gasteiger partial charge is 0.142 e. The number of fused-ring (bicyclic) bond motifs is 1. The molecule has 0 unspecified atom stereocenters. The molecule has 6 aromatic carbocycles. The Morgan fingerprint density at radius 1 is 0.590 bits per heavy atom. The first kappa shape index (κ1) is 48.1. The van der Waals surface area contributed by atoms with E-state index in [1.54, 1.807) is 7.11 Å². The number of aryl methyl sites for hydroxylation is 2. The van der Waals surface area contributed by atoms with Gasteiger partial charge in [-0.25, -0.2) is 0 Å². The molecule has 320 valence electrons. The molecular weight excluding hydrogens is 747 g/mol. The number of nitrogens with zero attached hydrogens (tertiary/aromatic N) is 1. The fraction of sp³-hybridized carbons (Fsp3) is 0.333. The molecule has 0 aliphatic rings. The van der Waals surface area contributed by atoms with Gasteiger partial charge < -0.3 is 9.47 Å². The lowest BCUT2D eigenvalue weighted by Gasteiger charge is -2.19. The molecule has 4 heteroatoms. The number of hydrogen-bond donors (Lipinski definition) is 0. The molecule has 0 spiro atoms. The monoisotopic (exact) mass is 816 g/mol. The highest BCUT2D eigenvalue weighted by Crippen LogP contribution is 2.39. The van der Waals surface area contributed by atoms with Crippen LogP contribution in [0.1, 0.15) is 99.1 Å². The third kappa shape index (κ3) is 13.0. The van der Waals surface area contributed by atoms with Crippen molar-refractivity contribution in [3.8, 4) is 50.3 Å². The molecule has 0 heterocycles. The summed E-state index contributed by atoms with van der Waals surface area (Å²) in [6.45, 7) is 20.0. The molecule has 0 aromatic heterocycles. The van der Waals surface area contributed by atoms with E-state index in [-0.39, 0.29) is 0 Å². The van der Waals surface area contributed by atoms with Gasteiger partial charge in [0.15, 0.2) is 0 Å². The second kappa shape index (κ2) is 25.3. The topological polar surface area (TPSA) is 47.9 Å². The van der Waals surface area contributed by atoms with Crippen molar-refractivity contribution in [2.45, 2.75) is 99.8 Å². The highest BCUT2D eigenvalue weighted by molar-refractivity contribution is 5.97. The van der Waals surface area contributed by atoms with Crippen molar-refractivity contribution in [2.24, 2.45) is 4.99 Å². The van der Waals surface area contributed by atoms with Gasteiger partial charge in [0.05, 0.1) is 6.61 Å². The summed E-state index contributed by atoms with van der Waals surface area (Å²) in [5.74, 6) is 0.932. The van der Waals surface area contributed by atoms with E-state index in [0.29, 0.717) is 6.29 Å². The van der Waals surface area contributed by atoms with E-state index in [2.05, 4.69) is 149 Å². The predicted molar refractivity (Wildman–Crippen MR) is 265 cm³/mol. The van der Waals surface area contributed by atoms with Gasteiger partial charge in [-0.2, -0.15) is 0 Å². The highest BCUT2D eigenvalue weighted by atomic mass is 16.5. The molecule has 0 atom stereocenters. The molecule has 0 aliphatic carbocycles. The van der Waals surface area contributed by atoms with Gasteiger partial charge in [-0.1, -0.05) is 132 Å². The van der Waals surface area contributed by atoms with Gasteiger partial charge in [-0.15, -0.1) is 0 Å². The van der Waals surface area contributed by atoms with Crippen LogP contribution in [0.2, 0.25) is 0 Å². The first-order valence-corrected chi connectivity index (χ1v) is 22.3. The minimum Gasteiger partial charge on any atom is -0.494 e. The maximum Gasteiger partial charge on any atom is 0.142 e. The van der Waals surface area contributed by atoms with Gasteiger partial charge in [0.1, 0.15) is 12.0 Å². The van der Waals surface area contributed by atoms with E-state index in [4.69, 9.17) is 14.3 Å². The number of carbonyl (C=O) groups excluding carboxylic acids is 1. The van der Waals surface area contributed by atoms with E-state index in [9.17, 15) is 0 Å². The Bertz CT molecular complexity index is 2350. The summed E-state index contributed by atoms with van der Waals surface area (Å²) >= 11 is 0. The van der Waals surface area contributed by atoms with Crippen LogP contribution in [0.25, 0.3) is 55.3 Å². The van der Waals surface area contributed by atoms with Crippen molar-refractivity contribution in [3.63, 3.8) is 0 Å². The summed E-state index contributed by atoms with van der Waals surface area (Å²) in [5, 5.41) is 2.40. The summed E-state index contributed by atoms with van der Waals surface area (Å²) in [6, 6.07) is 38.5. The first-order valence-electron chi connectivity index (χ1n) is 22.3. The summed E-state index contributed by atoms with van der Waals surface area (Å²) in [6.07, 6.45) is 13.4. The summed E-state index contributed by atoms with van der Waals surface area (Å²) in [5.41, 5.74) is 17.8. The summed E-state index contributed by atoms with van der Waals surface area (Å²) in [7, 11) is 3.63. The number of rotatable bonds is 18. The molecule has 0 radical (unpaired) electrons. The minimum absolute atomic E-state index is 0.639. The lowest BCUT2D eigenvalue weighted by atomic mass is 9.85. The van der Waals surface area contributed by atoms with Gasteiger partial charge in [0, 0.05) is 32.5 Å². The molecule has 0 N–H and O–H groups in total. The zero-order valence-electron chi connectivity index (χ0n) is 38.5. The number of unbranched alkanes of at least 4 members (excludes halogenated alkanes) is 5. The molecule has 0 bridgehead atoms. The number of benzene rings is 6. The largest absolute Gasteiger partial charge is 0.494 e. The van der Waals surface area contributed by atoms with Crippen molar-refractivity contribution in [1.29, 1.82) is 0 Å². The SMILES string of the molecule is C=CC=O.CC.CCCCCc1ccc(-c2ccc(-c3ccc(-c4ccc(-c5ccc6cc(OCCCCCCOC)ccc6c5)c(C)c4C=NC)c(C)c3C)c(C)c2)cc1. The highest BCUT2D eigenvalue weighted by Gasteiger charge is 2.17. The molecule has 0 fully saturated rings. The van der Waals surface area contributed by atoms with Crippen LogP contribution < -0.4 is 4.74 Å². The number of hydrogen-bond acceptors (Lipinski definition) is 4. The lowest BCUT2D eigenvalue weighted by molar-refractivity contribution is -0.104. The van der Waals surface area contributed by atoms with Crippen LogP contribution in [0.5, 0.6) is 5.75 Å². The molecule has 6 rings (SSSR count). The van der Waals surface area contributed by atoms with Gasteiger partial charge in [-0.05, 0) is 167 Å². The Hall–Kier alpha value is -5.58. The van der Waals surface area contributed by atoms with Crippen LogP contribution in [0.15, 0.2) is 121 Å². The van der Waals surface area contributed by atoms with Crippen LogP contribution in [0.4, 0.5) is 0 Å². The maximum absolute atomic E-state index is 9.06. The van der Waals surface area contributed by atoms with Crippen LogP contribution in [-0.2, 0) is 16.0 Å². The second-order valence-corrected chi connectivity index (χ2v) is 15.5. The van der Waals surface area contributed by atoms with Crippen LogP contribution >= 0.6 is 0 Å². The maximum atomic E-state index is 9.06. The quantitative estimate of drug-likeness (QED) is 0.0376. The van der Waals surface area contributed by atoms with Gasteiger partial charge in [-0.3, -0.25) is 9.79 Å². The fourth-order valence-electron chi connectivity index (χ4n) is 7.94. The molecule has 61 heavy (non-hydrogen) atoms. The van der Waals surface area contributed by atoms with Gasteiger partial charge in [0.2, 0.25) is 0 Å². The van der Waals surface area contributed by atoms with E-state index in [1.165, 1.54) is 120 Å². The van der Waals surface area contributed by atoms with Crippen molar-refractivity contribution >= 4 is 23.3 Å². The molecule has 0 saturated heterocycles. The zero-order chi connectivity index (χ0) is 44.1. The Labute approximate surface area is 367 Å². The molecule has 0 saturated carbocycles. The molecule has 0 aliphatic heterocycles. The van der Waals surface area contributed by atoms with Crippen LogP contribution in [-0.4, -0.2) is 39.9 Å². The van der Waals surface area contributed by atoms with E-state index in [1.807, 2.05) is 27.1 Å². The van der Waals surface area contributed by atoms with E-state index < -0.39 is 0 Å². The number of aliphatic imine (C=N–C) groups is 1. The minimum atomic E-state index is 0.639. The number of methoxy groups -OCH3 is 1. The summed E-state index contributed by atoms with van der Waals surface area (Å²) < 4.78 is 11.3. The number of allylic oxidation sites excluding steroid dienone is 1. The van der Waals surface area contributed by atoms with E-state index >= 15 is 0 Å². The van der Waals surface area contributed by atoms with Crippen molar-refractivity contribution < 1.29 is 14.3 Å². The van der Waals surface area contributed by atoms with Gasteiger partial charge in [0.25, 0.3) is 0 Å². The third-order valence-corrected chi connectivity index (χ3v) is 11.5. The van der Waals surface area contributed by atoms with Gasteiger partial charge >= 0.3 is 0 Å². The number of aldehydes is 1. The van der Waals surface area contributed by atoms with Crippen LogP contribution in [0, 0.1) is 27.7 Å². The average Bonchev–Trinajstić information content (AvgIpc) is 3.29. The fourth-order valence-corrected chi connectivity index (χ4v) is 7.94. The first-order chi connectivity index (χ1) is 29.7.